The summed E-state index contributed by atoms with van der Waals surface area (Å²) in [6.07, 6.45) is -1.82. The number of carboxylic acid groups (broad SMARTS) is 1. The second-order valence-electron chi connectivity index (χ2n) is 4.71. The molecule has 1 N–H and O–H groups in total. The van der Waals surface area contributed by atoms with Crippen LogP contribution >= 0.6 is 11.8 Å². The third-order valence-electron chi connectivity index (χ3n) is 3.43. The third-order valence-corrected chi connectivity index (χ3v) is 4.46. The summed E-state index contributed by atoms with van der Waals surface area (Å²) in [6, 6.07) is 5.20. The smallest absolute Gasteiger partial charge is 0.415 e. The van der Waals surface area contributed by atoms with Gasteiger partial charge in [0.2, 0.25) is 12.0 Å². The lowest BCUT2D eigenvalue weighted by Gasteiger charge is -2.26. The Labute approximate surface area is 124 Å². The Kier molecular flexibility index (Phi) is 3.25. The van der Waals surface area contributed by atoms with Crippen LogP contribution in [0.1, 0.15) is 0 Å². The number of fused-ring (bicyclic) bond motifs is 1. The van der Waals surface area contributed by atoms with E-state index < -0.39 is 18.2 Å². The minimum Gasteiger partial charge on any atom is -0.478 e. The number of carbonyl (C=O) groups excluding carboxylic acids is 2. The number of ether oxygens (including phenoxy) is 1. The second-order valence-corrected chi connectivity index (χ2v) is 5.73. The lowest BCUT2D eigenvalue weighted by molar-refractivity contribution is -0.144. The van der Waals surface area contributed by atoms with Crippen LogP contribution in [0.2, 0.25) is 0 Å². The Morgan fingerprint density at radius 1 is 1.43 bits per heavy atom. The van der Waals surface area contributed by atoms with Crippen LogP contribution in [-0.2, 0) is 14.3 Å². The van der Waals surface area contributed by atoms with Gasteiger partial charge in [-0.15, -0.1) is 11.8 Å². The molecule has 0 aromatic heterocycles. The number of aliphatic carboxylic acids is 1. The van der Waals surface area contributed by atoms with Crippen LogP contribution in [0.3, 0.4) is 0 Å². The van der Waals surface area contributed by atoms with Gasteiger partial charge in [0.05, 0.1) is 18.0 Å². The molecule has 0 unspecified atom stereocenters. The molecule has 2 amide bonds. The highest BCUT2D eigenvalue weighted by Gasteiger charge is 2.37. The van der Waals surface area contributed by atoms with Crippen molar-refractivity contribution in [2.24, 2.45) is 0 Å². The van der Waals surface area contributed by atoms with Gasteiger partial charge in [-0.05, 0) is 18.2 Å². The van der Waals surface area contributed by atoms with Gasteiger partial charge < -0.3 is 14.7 Å². The molecule has 2 heterocycles. The number of cyclic esters (lactones) is 1. The van der Waals surface area contributed by atoms with E-state index in [9.17, 15) is 14.4 Å². The van der Waals surface area contributed by atoms with Crippen molar-refractivity contribution in [3.63, 3.8) is 0 Å². The topological polar surface area (TPSA) is 87.2 Å². The molecule has 0 radical (unpaired) electrons. The summed E-state index contributed by atoms with van der Waals surface area (Å²) in [5.74, 6) is -0.801. The largest absolute Gasteiger partial charge is 0.478 e. The average Bonchev–Trinajstić information content (AvgIpc) is 2.85. The number of rotatable bonds is 2. The fraction of sp³-hybridized carbons (Fsp3) is 0.308. The Balaban J connectivity index is 1.90. The molecule has 0 bridgehead atoms. The molecule has 1 aromatic rings. The summed E-state index contributed by atoms with van der Waals surface area (Å²) in [6.45, 7) is -0.0214. The maximum atomic E-state index is 11.7. The van der Waals surface area contributed by atoms with Crippen molar-refractivity contribution in [1.82, 2.24) is 0 Å². The SMILES string of the molecule is CN1C(=O)CSc2cc(N3C[C@H](C(=O)O)OC3=O)ccc21. The number of amides is 2. The molecule has 2 aliphatic heterocycles. The van der Waals surface area contributed by atoms with Crippen molar-refractivity contribution in [1.29, 1.82) is 0 Å². The van der Waals surface area contributed by atoms with Crippen LogP contribution in [0.25, 0.3) is 0 Å². The highest BCUT2D eigenvalue weighted by atomic mass is 32.2. The molecule has 7 nitrogen and oxygen atoms in total. The average molecular weight is 308 g/mol. The molecule has 0 saturated carbocycles. The number of benzene rings is 1. The van der Waals surface area contributed by atoms with Gasteiger partial charge in [0.1, 0.15) is 0 Å². The Bertz CT molecular complexity index is 647. The van der Waals surface area contributed by atoms with Gasteiger partial charge in [0.15, 0.2) is 0 Å². The molecule has 0 spiro atoms. The number of carbonyl (C=O) groups is 3. The molecule has 8 heteroatoms. The Morgan fingerprint density at radius 3 is 2.86 bits per heavy atom. The summed E-state index contributed by atoms with van der Waals surface area (Å²) in [5.41, 5.74) is 1.35. The van der Waals surface area contributed by atoms with Gasteiger partial charge in [0, 0.05) is 17.6 Å². The van der Waals surface area contributed by atoms with E-state index in [0.717, 1.165) is 10.6 Å². The predicted octanol–water partition coefficient (Wildman–Crippen LogP) is 1.16. The highest BCUT2D eigenvalue weighted by Crippen LogP contribution is 2.37. The van der Waals surface area contributed by atoms with Crippen LogP contribution in [0.15, 0.2) is 23.1 Å². The third kappa shape index (κ3) is 2.31. The van der Waals surface area contributed by atoms with Crippen molar-refractivity contribution in [2.75, 3.05) is 29.1 Å². The summed E-state index contributed by atoms with van der Waals surface area (Å²) < 4.78 is 4.79. The maximum Gasteiger partial charge on any atom is 0.415 e. The fourth-order valence-corrected chi connectivity index (χ4v) is 3.27. The molecular weight excluding hydrogens is 296 g/mol. The molecule has 1 saturated heterocycles. The molecule has 2 aliphatic rings. The van der Waals surface area contributed by atoms with E-state index in [4.69, 9.17) is 9.84 Å². The molecule has 110 valence electrons. The number of nitrogens with zero attached hydrogens (tertiary/aromatic N) is 2. The Morgan fingerprint density at radius 2 is 2.19 bits per heavy atom. The molecule has 1 aromatic carbocycles. The number of thioether (sulfide) groups is 1. The zero-order valence-corrected chi connectivity index (χ0v) is 11.9. The lowest BCUT2D eigenvalue weighted by Crippen LogP contribution is -2.32. The van der Waals surface area contributed by atoms with Crippen molar-refractivity contribution >= 4 is 41.1 Å². The molecule has 21 heavy (non-hydrogen) atoms. The van der Waals surface area contributed by atoms with Crippen LogP contribution < -0.4 is 9.80 Å². The van der Waals surface area contributed by atoms with Gasteiger partial charge in [-0.3, -0.25) is 9.69 Å². The van der Waals surface area contributed by atoms with Gasteiger partial charge in [-0.1, -0.05) is 0 Å². The lowest BCUT2D eigenvalue weighted by atomic mass is 10.2. The fourth-order valence-electron chi connectivity index (χ4n) is 2.24. The number of hydrogen-bond acceptors (Lipinski definition) is 5. The summed E-state index contributed by atoms with van der Waals surface area (Å²) >= 11 is 1.40. The molecule has 3 rings (SSSR count). The maximum absolute atomic E-state index is 11.7. The van der Waals surface area contributed by atoms with E-state index in [-0.39, 0.29) is 12.5 Å². The summed E-state index contributed by atoms with van der Waals surface area (Å²) in [5, 5.41) is 8.90. The van der Waals surface area contributed by atoms with Crippen LogP contribution in [0, 0.1) is 0 Å². The molecule has 1 atom stereocenters. The van der Waals surface area contributed by atoms with Crippen molar-refractivity contribution in [3.05, 3.63) is 18.2 Å². The first kappa shape index (κ1) is 13.7. The zero-order chi connectivity index (χ0) is 15.1. The second kappa shape index (κ2) is 4.96. The normalized spacial score (nSPS) is 21.3. The van der Waals surface area contributed by atoms with Crippen molar-refractivity contribution in [3.8, 4) is 0 Å². The van der Waals surface area contributed by atoms with Gasteiger partial charge in [-0.25, -0.2) is 9.59 Å². The first-order valence-corrected chi connectivity index (χ1v) is 7.20. The summed E-state index contributed by atoms with van der Waals surface area (Å²) in [4.78, 5) is 38.0. The van der Waals surface area contributed by atoms with Crippen molar-refractivity contribution < 1.29 is 24.2 Å². The van der Waals surface area contributed by atoms with E-state index in [2.05, 4.69) is 0 Å². The number of anilines is 2. The highest BCUT2D eigenvalue weighted by molar-refractivity contribution is 8.00. The van der Waals surface area contributed by atoms with E-state index in [1.807, 2.05) is 0 Å². The van der Waals surface area contributed by atoms with E-state index >= 15 is 0 Å². The zero-order valence-electron chi connectivity index (χ0n) is 11.1. The standard InChI is InChI=1S/C13H12N2O5S/c1-14-8-3-2-7(4-10(8)21-6-11(14)16)15-5-9(12(17)18)20-13(15)19/h2-4,9H,5-6H2,1H3,(H,17,18)/t9-/m1/s1. The number of carboxylic acids is 1. The van der Waals surface area contributed by atoms with E-state index in [1.54, 1.807) is 30.1 Å². The monoisotopic (exact) mass is 308 g/mol. The van der Waals surface area contributed by atoms with E-state index in [0.29, 0.717) is 11.4 Å². The Hall–Kier alpha value is -2.22. The molecule has 1 fully saturated rings. The van der Waals surface area contributed by atoms with E-state index in [1.165, 1.54) is 16.7 Å². The number of hydrogen-bond donors (Lipinski definition) is 1. The van der Waals surface area contributed by atoms with Crippen LogP contribution in [0.5, 0.6) is 0 Å². The minimum atomic E-state index is -1.16. The summed E-state index contributed by atoms with van der Waals surface area (Å²) in [7, 11) is 1.70. The van der Waals surface area contributed by atoms with Crippen LogP contribution in [-0.4, -0.2) is 48.5 Å². The molecular formula is C13H12N2O5S. The predicted molar refractivity (Wildman–Crippen MR) is 75.8 cm³/mol. The quantitative estimate of drug-likeness (QED) is 0.882. The first-order chi connectivity index (χ1) is 9.97. The minimum absolute atomic E-state index is 0.0202. The molecule has 0 aliphatic carbocycles. The van der Waals surface area contributed by atoms with Crippen molar-refractivity contribution in [2.45, 2.75) is 11.0 Å². The van der Waals surface area contributed by atoms with Crippen LogP contribution in [0.4, 0.5) is 16.2 Å². The first-order valence-electron chi connectivity index (χ1n) is 6.21. The van der Waals surface area contributed by atoms with Gasteiger partial charge >= 0.3 is 12.1 Å². The van der Waals surface area contributed by atoms with Gasteiger partial charge in [0.25, 0.3) is 0 Å². The van der Waals surface area contributed by atoms with Gasteiger partial charge in [-0.2, -0.15) is 0 Å².